The highest BCUT2D eigenvalue weighted by Crippen LogP contribution is 2.27. The molecule has 0 unspecified atom stereocenters. The van der Waals surface area contributed by atoms with E-state index in [1.807, 2.05) is 18.2 Å². The Morgan fingerprint density at radius 1 is 1.07 bits per heavy atom. The van der Waals surface area contributed by atoms with Gasteiger partial charge in [-0.25, -0.2) is 4.39 Å². The summed E-state index contributed by atoms with van der Waals surface area (Å²) < 4.78 is 18.9. The van der Waals surface area contributed by atoms with Crippen molar-refractivity contribution in [2.24, 2.45) is 0 Å². The summed E-state index contributed by atoms with van der Waals surface area (Å²) in [6.45, 7) is 0.243. The van der Waals surface area contributed by atoms with Crippen molar-refractivity contribution in [2.45, 2.75) is 6.61 Å². The average Bonchev–Trinajstić information content (AvgIpc) is 2.73. The number of nitriles is 1. The van der Waals surface area contributed by atoms with Crippen LogP contribution in [-0.2, 0) is 11.4 Å². The summed E-state index contributed by atoms with van der Waals surface area (Å²) in [5.74, 6) is -0.615. The minimum atomic E-state index is -0.634. The van der Waals surface area contributed by atoms with E-state index in [0.29, 0.717) is 27.0 Å². The number of amides is 1. The minimum Gasteiger partial charge on any atom is -0.488 e. The second-order valence-corrected chi connectivity index (χ2v) is 7.10. The number of carbonyl (C=O) groups is 1. The van der Waals surface area contributed by atoms with Crippen LogP contribution in [0.1, 0.15) is 11.1 Å². The van der Waals surface area contributed by atoms with Crippen LogP contribution in [0.3, 0.4) is 0 Å². The topological polar surface area (TPSA) is 62.1 Å². The molecule has 3 aromatic carbocycles. The van der Waals surface area contributed by atoms with Gasteiger partial charge in [0.1, 0.15) is 29.8 Å². The Morgan fingerprint density at radius 3 is 2.50 bits per heavy atom. The van der Waals surface area contributed by atoms with Gasteiger partial charge < -0.3 is 10.1 Å². The first-order chi connectivity index (χ1) is 14.4. The van der Waals surface area contributed by atoms with Gasteiger partial charge in [0.25, 0.3) is 5.91 Å². The molecule has 1 amide bonds. The van der Waals surface area contributed by atoms with Gasteiger partial charge in [0.2, 0.25) is 0 Å². The van der Waals surface area contributed by atoms with E-state index in [1.165, 1.54) is 30.3 Å². The molecule has 0 radical (unpaired) electrons. The molecule has 0 fully saturated rings. The monoisotopic (exact) mass is 440 g/mol. The number of ether oxygens (including phenoxy) is 1. The number of anilines is 1. The molecule has 0 aliphatic carbocycles. The fraction of sp³-hybridized carbons (Fsp3) is 0.0435. The molecule has 7 heteroatoms. The number of nitrogens with zero attached hydrogens (tertiary/aromatic N) is 1. The van der Waals surface area contributed by atoms with Crippen LogP contribution in [0.5, 0.6) is 5.75 Å². The molecule has 0 aliphatic rings. The maximum Gasteiger partial charge on any atom is 0.266 e. The Morgan fingerprint density at radius 2 is 1.80 bits per heavy atom. The van der Waals surface area contributed by atoms with E-state index in [4.69, 9.17) is 27.9 Å². The molecular formula is C23H15Cl2FN2O2. The molecule has 150 valence electrons. The van der Waals surface area contributed by atoms with Crippen molar-refractivity contribution >= 4 is 40.9 Å². The van der Waals surface area contributed by atoms with Crippen molar-refractivity contribution in [3.63, 3.8) is 0 Å². The number of benzene rings is 3. The van der Waals surface area contributed by atoms with E-state index in [0.717, 1.165) is 5.56 Å². The third-order valence-electron chi connectivity index (χ3n) is 4.02. The molecule has 0 aliphatic heterocycles. The van der Waals surface area contributed by atoms with Crippen molar-refractivity contribution < 1.29 is 13.9 Å². The maximum atomic E-state index is 13.0. The largest absolute Gasteiger partial charge is 0.488 e. The Balaban J connectivity index is 1.82. The summed E-state index contributed by atoms with van der Waals surface area (Å²) >= 11 is 12.1. The van der Waals surface area contributed by atoms with E-state index in [2.05, 4.69) is 5.32 Å². The van der Waals surface area contributed by atoms with Crippen molar-refractivity contribution in [1.29, 1.82) is 5.26 Å². The molecule has 4 nitrogen and oxygen atoms in total. The number of hydrogen-bond donors (Lipinski definition) is 1. The van der Waals surface area contributed by atoms with E-state index < -0.39 is 11.7 Å². The smallest absolute Gasteiger partial charge is 0.266 e. The van der Waals surface area contributed by atoms with E-state index in [-0.39, 0.29) is 12.2 Å². The minimum absolute atomic E-state index is 0.158. The molecule has 3 rings (SSSR count). The molecule has 0 heterocycles. The van der Waals surface area contributed by atoms with Gasteiger partial charge in [0.05, 0.1) is 0 Å². The Hall–Kier alpha value is -3.33. The van der Waals surface area contributed by atoms with Crippen LogP contribution in [0.2, 0.25) is 10.0 Å². The van der Waals surface area contributed by atoms with Crippen LogP contribution >= 0.6 is 23.2 Å². The van der Waals surface area contributed by atoms with Gasteiger partial charge >= 0.3 is 0 Å². The first kappa shape index (κ1) is 21.4. The second kappa shape index (κ2) is 9.93. The summed E-state index contributed by atoms with van der Waals surface area (Å²) in [6.07, 6.45) is 1.39. The summed E-state index contributed by atoms with van der Waals surface area (Å²) in [5.41, 5.74) is 1.54. The van der Waals surface area contributed by atoms with E-state index in [1.54, 1.807) is 30.3 Å². The first-order valence-corrected chi connectivity index (χ1v) is 9.56. The summed E-state index contributed by atoms with van der Waals surface area (Å²) in [4.78, 5) is 12.5. The lowest BCUT2D eigenvalue weighted by Crippen LogP contribution is -2.13. The van der Waals surface area contributed by atoms with Crippen molar-refractivity contribution in [2.75, 3.05) is 5.32 Å². The molecule has 0 aromatic heterocycles. The number of halogens is 3. The molecule has 0 atom stereocenters. The molecular weight excluding hydrogens is 426 g/mol. The zero-order valence-electron chi connectivity index (χ0n) is 15.5. The first-order valence-electron chi connectivity index (χ1n) is 8.80. The fourth-order valence-corrected chi connectivity index (χ4v) is 2.98. The van der Waals surface area contributed by atoms with E-state index in [9.17, 15) is 14.4 Å². The normalized spacial score (nSPS) is 10.9. The van der Waals surface area contributed by atoms with Gasteiger partial charge in [-0.2, -0.15) is 5.26 Å². The molecule has 0 saturated carbocycles. The Bertz CT molecular complexity index is 1140. The third kappa shape index (κ3) is 5.84. The van der Waals surface area contributed by atoms with Crippen LogP contribution in [0.25, 0.3) is 6.08 Å². The number of rotatable bonds is 6. The highest BCUT2D eigenvalue weighted by Gasteiger charge is 2.12. The van der Waals surface area contributed by atoms with Gasteiger partial charge in [-0.15, -0.1) is 0 Å². The quantitative estimate of drug-likeness (QED) is 0.363. The molecule has 0 bridgehead atoms. The van der Waals surface area contributed by atoms with Crippen LogP contribution < -0.4 is 10.1 Å². The van der Waals surface area contributed by atoms with Gasteiger partial charge in [0.15, 0.2) is 0 Å². The van der Waals surface area contributed by atoms with Crippen LogP contribution in [-0.4, -0.2) is 5.91 Å². The van der Waals surface area contributed by atoms with Gasteiger partial charge in [-0.3, -0.25) is 4.79 Å². The predicted octanol–water partition coefficient (Wildman–Crippen LogP) is 6.26. The summed E-state index contributed by atoms with van der Waals surface area (Å²) in [5, 5.41) is 13.0. The number of nitrogens with one attached hydrogen (secondary N) is 1. The SMILES string of the molecule is N#C/C(=C\c1cc(Cl)ccc1OCc1cccc(Cl)c1)C(=O)Nc1ccc(F)cc1. The van der Waals surface area contributed by atoms with Crippen LogP contribution in [0.4, 0.5) is 10.1 Å². The number of hydrogen-bond acceptors (Lipinski definition) is 3. The zero-order valence-corrected chi connectivity index (χ0v) is 17.0. The standard InChI is InChI=1S/C23H15Cl2FN2O2/c24-18-3-1-2-15(10-18)14-30-22-9-4-19(25)12-16(22)11-17(13-27)23(29)28-21-7-5-20(26)6-8-21/h1-12H,14H2,(H,28,29)/b17-11+. The zero-order chi connectivity index (χ0) is 21.5. The van der Waals surface area contributed by atoms with Crippen molar-refractivity contribution in [3.8, 4) is 11.8 Å². The van der Waals surface area contributed by atoms with Gasteiger partial charge in [-0.1, -0.05) is 35.3 Å². The predicted molar refractivity (Wildman–Crippen MR) is 116 cm³/mol. The lowest BCUT2D eigenvalue weighted by molar-refractivity contribution is -0.112. The molecule has 0 spiro atoms. The van der Waals surface area contributed by atoms with Gasteiger partial charge in [-0.05, 0) is 66.2 Å². The van der Waals surface area contributed by atoms with Crippen molar-refractivity contribution in [3.05, 3.63) is 99.3 Å². The molecule has 3 aromatic rings. The molecule has 0 saturated heterocycles. The Labute approximate surface area is 183 Å². The highest BCUT2D eigenvalue weighted by molar-refractivity contribution is 6.31. The lowest BCUT2D eigenvalue weighted by atomic mass is 10.1. The summed E-state index contributed by atoms with van der Waals surface area (Å²) in [6, 6.07) is 19.2. The Kier molecular flexibility index (Phi) is 7.08. The number of carbonyl (C=O) groups excluding carboxylic acids is 1. The second-order valence-electron chi connectivity index (χ2n) is 6.23. The third-order valence-corrected chi connectivity index (χ3v) is 4.49. The van der Waals surface area contributed by atoms with Crippen LogP contribution in [0.15, 0.2) is 72.3 Å². The summed E-state index contributed by atoms with van der Waals surface area (Å²) in [7, 11) is 0. The average molecular weight is 441 g/mol. The maximum absolute atomic E-state index is 13.0. The van der Waals surface area contributed by atoms with Gasteiger partial charge in [0, 0.05) is 21.3 Å². The fourth-order valence-electron chi connectivity index (χ4n) is 2.59. The van der Waals surface area contributed by atoms with Crippen LogP contribution in [0, 0.1) is 17.1 Å². The molecule has 1 N–H and O–H groups in total. The lowest BCUT2D eigenvalue weighted by Gasteiger charge is -2.11. The highest BCUT2D eigenvalue weighted by atomic mass is 35.5. The van der Waals surface area contributed by atoms with Crippen molar-refractivity contribution in [1.82, 2.24) is 0 Å². The van der Waals surface area contributed by atoms with E-state index >= 15 is 0 Å². The molecule has 30 heavy (non-hydrogen) atoms.